The molecule has 7 heteroatoms. The van der Waals surface area contributed by atoms with Crippen LogP contribution in [0, 0.1) is 15.5 Å². The van der Waals surface area contributed by atoms with E-state index in [1.807, 2.05) is 27.7 Å². The molecule has 1 N–H and O–H groups in total. The maximum atomic E-state index is 11.6. The molecule has 7 nitrogen and oxygen atoms in total. The van der Waals surface area contributed by atoms with Gasteiger partial charge in [0.1, 0.15) is 5.75 Å². The number of rotatable bonds is 5. The summed E-state index contributed by atoms with van der Waals surface area (Å²) in [6.45, 7) is 7.60. The molecule has 1 rings (SSSR count). The zero-order chi connectivity index (χ0) is 16.0. The van der Waals surface area contributed by atoms with E-state index in [0.29, 0.717) is 5.75 Å². The largest absolute Gasteiger partial charge is 0.484 e. The van der Waals surface area contributed by atoms with Gasteiger partial charge in [0, 0.05) is 23.3 Å². The predicted octanol–water partition coefficient (Wildman–Crippen LogP) is 2.51. The fourth-order valence-electron chi connectivity index (χ4n) is 1.16. The van der Waals surface area contributed by atoms with Crippen molar-refractivity contribution < 1.29 is 14.5 Å². The number of hydrazone groups is 1. The normalized spacial score (nSPS) is 11.9. The van der Waals surface area contributed by atoms with Gasteiger partial charge < -0.3 is 4.74 Å². The lowest BCUT2D eigenvalue weighted by Crippen LogP contribution is -2.28. The molecular weight excluding hydrogens is 274 g/mol. The van der Waals surface area contributed by atoms with Crippen molar-refractivity contribution in [3.8, 4) is 5.75 Å². The molecule has 1 aromatic rings. The van der Waals surface area contributed by atoms with Gasteiger partial charge in [-0.3, -0.25) is 14.9 Å². The first kappa shape index (κ1) is 16.6. The van der Waals surface area contributed by atoms with Crippen LogP contribution in [0.15, 0.2) is 29.4 Å². The van der Waals surface area contributed by atoms with Gasteiger partial charge in [-0.25, -0.2) is 5.43 Å². The minimum Gasteiger partial charge on any atom is -0.484 e. The maximum absolute atomic E-state index is 11.6. The van der Waals surface area contributed by atoms with Gasteiger partial charge in [0.2, 0.25) is 0 Å². The number of amides is 1. The molecule has 0 saturated heterocycles. The number of non-ortho nitro benzene ring substituents is 1. The standard InChI is InChI=1S/C14H19N3O4/c1-10(14(2,3)4)15-16-13(18)9-21-12-7-5-11(6-8-12)17(19)20/h5-8H,9H2,1-4H3,(H,16,18)/b15-10+. The van der Waals surface area contributed by atoms with E-state index in [1.165, 1.54) is 24.3 Å². The van der Waals surface area contributed by atoms with Crippen molar-refractivity contribution in [1.82, 2.24) is 5.43 Å². The highest BCUT2D eigenvalue weighted by Crippen LogP contribution is 2.17. The van der Waals surface area contributed by atoms with Crippen LogP contribution in [0.1, 0.15) is 27.7 Å². The molecule has 0 aliphatic rings. The third-order valence-corrected chi connectivity index (χ3v) is 2.85. The summed E-state index contributed by atoms with van der Waals surface area (Å²) >= 11 is 0. The van der Waals surface area contributed by atoms with Crippen LogP contribution in [0.2, 0.25) is 0 Å². The highest BCUT2D eigenvalue weighted by atomic mass is 16.6. The summed E-state index contributed by atoms with van der Waals surface area (Å²) in [7, 11) is 0. The van der Waals surface area contributed by atoms with Gasteiger partial charge in [0.15, 0.2) is 6.61 Å². The quantitative estimate of drug-likeness (QED) is 0.512. The zero-order valence-electron chi connectivity index (χ0n) is 12.5. The predicted molar refractivity (Wildman–Crippen MR) is 79.3 cm³/mol. The van der Waals surface area contributed by atoms with E-state index in [0.717, 1.165) is 5.71 Å². The second kappa shape index (κ2) is 6.83. The van der Waals surface area contributed by atoms with Crippen LogP contribution in [0.3, 0.4) is 0 Å². The number of hydrogen-bond donors (Lipinski definition) is 1. The van der Waals surface area contributed by atoms with E-state index < -0.39 is 10.8 Å². The average Bonchev–Trinajstić information content (AvgIpc) is 2.41. The van der Waals surface area contributed by atoms with Gasteiger partial charge in [0.25, 0.3) is 11.6 Å². The molecule has 0 atom stereocenters. The molecule has 21 heavy (non-hydrogen) atoms. The van der Waals surface area contributed by atoms with Crippen molar-refractivity contribution in [2.24, 2.45) is 10.5 Å². The molecule has 0 spiro atoms. The summed E-state index contributed by atoms with van der Waals surface area (Å²) in [5.41, 5.74) is 3.05. The fourth-order valence-corrected chi connectivity index (χ4v) is 1.16. The Hall–Kier alpha value is -2.44. The lowest BCUT2D eigenvalue weighted by Gasteiger charge is -2.17. The fraction of sp³-hybridized carbons (Fsp3) is 0.429. The van der Waals surface area contributed by atoms with Crippen LogP contribution in [-0.2, 0) is 4.79 Å². The molecule has 0 bridgehead atoms. The number of nitro groups is 1. The van der Waals surface area contributed by atoms with Crippen LogP contribution < -0.4 is 10.2 Å². The molecular formula is C14H19N3O4. The molecule has 0 aliphatic heterocycles. The molecule has 0 aromatic heterocycles. The lowest BCUT2D eigenvalue weighted by molar-refractivity contribution is -0.384. The third kappa shape index (κ3) is 5.60. The van der Waals surface area contributed by atoms with Crippen LogP contribution in [0.25, 0.3) is 0 Å². The number of carbonyl (C=O) groups excluding carboxylic acids is 1. The minimum atomic E-state index is -0.500. The number of benzene rings is 1. The molecule has 0 fully saturated rings. The molecule has 0 unspecified atom stereocenters. The van der Waals surface area contributed by atoms with Crippen molar-refractivity contribution in [1.29, 1.82) is 0 Å². The van der Waals surface area contributed by atoms with Gasteiger partial charge in [-0.2, -0.15) is 5.10 Å². The lowest BCUT2D eigenvalue weighted by atomic mass is 9.91. The van der Waals surface area contributed by atoms with Crippen LogP contribution in [0.4, 0.5) is 5.69 Å². The maximum Gasteiger partial charge on any atom is 0.277 e. The monoisotopic (exact) mass is 293 g/mol. The first-order chi connectivity index (χ1) is 9.70. The third-order valence-electron chi connectivity index (χ3n) is 2.85. The Labute approximate surface area is 123 Å². The minimum absolute atomic E-state index is 0.0304. The van der Waals surface area contributed by atoms with Crippen LogP contribution in [0.5, 0.6) is 5.75 Å². The van der Waals surface area contributed by atoms with E-state index in [1.54, 1.807) is 0 Å². The van der Waals surface area contributed by atoms with Crippen molar-refractivity contribution in [2.45, 2.75) is 27.7 Å². The molecule has 1 aromatic carbocycles. The van der Waals surface area contributed by atoms with E-state index in [4.69, 9.17) is 4.74 Å². The molecule has 114 valence electrons. The Morgan fingerprint density at radius 1 is 1.33 bits per heavy atom. The van der Waals surface area contributed by atoms with E-state index >= 15 is 0 Å². The van der Waals surface area contributed by atoms with Gasteiger partial charge in [-0.15, -0.1) is 0 Å². The highest BCUT2D eigenvalue weighted by Gasteiger charge is 2.14. The van der Waals surface area contributed by atoms with Crippen molar-refractivity contribution in [3.05, 3.63) is 34.4 Å². The Kier molecular flexibility index (Phi) is 5.40. The molecule has 0 radical (unpaired) electrons. The van der Waals surface area contributed by atoms with Crippen LogP contribution >= 0.6 is 0 Å². The molecule has 0 heterocycles. The van der Waals surface area contributed by atoms with Crippen molar-refractivity contribution in [3.63, 3.8) is 0 Å². The van der Waals surface area contributed by atoms with Crippen molar-refractivity contribution >= 4 is 17.3 Å². The Balaban J connectivity index is 2.48. The van der Waals surface area contributed by atoms with E-state index in [2.05, 4.69) is 10.5 Å². The number of hydrogen-bond acceptors (Lipinski definition) is 5. The summed E-state index contributed by atoms with van der Waals surface area (Å²) in [4.78, 5) is 21.6. The number of carbonyl (C=O) groups is 1. The van der Waals surface area contributed by atoms with E-state index in [9.17, 15) is 14.9 Å². The summed E-state index contributed by atoms with van der Waals surface area (Å²) in [5, 5.41) is 14.5. The van der Waals surface area contributed by atoms with Gasteiger partial charge >= 0.3 is 0 Å². The average molecular weight is 293 g/mol. The topological polar surface area (TPSA) is 93.8 Å². The number of nitrogens with one attached hydrogen (secondary N) is 1. The highest BCUT2D eigenvalue weighted by molar-refractivity contribution is 5.88. The van der Waals surface area contributed by atoms with Crippen LogP contribution in [-0.4, -0.2) is 23.1 Å². The second-order valence-electron chi connectivity index (χ2n) is 5.52. The molecule has 1 amide bonds. The number of nitrogens with zero attached hydrogens (tertiary/aromatic N) is 2. The van der Waals surface area contributed by atoms with Gasteiger partial charge in [-0.05, 0) is 19.1 Å². The summed E-state index contributed by atoms with van der Waals surface area (Å²) in [6.07, 6.45) is 0. The Morgan fingerprint density at radius 3 is 2.38 bits per heavy atom. The second-order valence-corrected chi connectivity index (χ2v) is 5.52. The summed E-state index contributed by atoms with van der Waals surface area (Å²) in [5.74, 6) is -0.00998. The Morgan fingerprint density at radius 2 is 1.90 bits per heavy atom. The molecule has 0 aliphatic carbocycles. The summed E-state index contributed by atoms with van der Waals surface area (Å²) in [6, 6.07) is 5.51. The van der Waals surface area contributed by atoms with Gasteiger partial charge in [-0.1, -0.05) is 20.8 Å². The number of ether oxygens (including phenoxy) is 1. The van der Waals surface area contributed by atoms with Crippen molar-refractivity contribution in [2.75, 3.05) is 6.61 Å². The Bertz CT molecular complexity index is 544. The molecule has 0 saturated carbocycles. The smallest absolute Gasteiger partial charge is 0.277 e. The number of nitro benzene ring substituents is 1. The zero-order valence-corrected chi connectivity index (χ0v) is 12.5. The van der Waals surface area contributed by atoms with E-state index in [-0.39, 0.29) is 17.7 Å². The first-order valence-corrected chi connectivity index (χ1v) is 6.41. The SMILES string of the molecule is C/C(=N\NC(=O)COc1ccc([N+](=O)[O-])cc1)C(C)(C)C. The first-order valence-electron chi connectivity index (χ1n) is 6.41. The summed E-state index contributed by atoms with van der Waals surface area (Å²) < 4.78 is 5.22. The van der Waals surface area contributed by atoms with Gasteiger partial charge in [0.05, 0.1) is 4.92 Å².